The molecule has 0 N–H and O–H groups in total. The first-order valence-corrected chi connectivity index (χ1v) is 7.80. The maximum Gasteiger partial charge on any atom is 0.125 e. The molecule has 2 rings (SSSR count). The Morgan fingerprint density at radius 1 is 1.21 bits per heavy atom. The van der Waals surface area contributed by atoms with Crippen molar-refractivity contribution in [3.8, 4) is 5.75 Å². The monoisotopic (exact) mass is 406 g/mol. The summed E-state index contributed by atoms with van der Waals surface area (Å²) in [5.41, 5.74) is 1.65. The third kappa shape index (κ3) is 3.94. The van der Waals surface area contributed by atoms with Crippen molar-refractivity contribution in [3.05, 3.63) is 62.8 Å². The topological polar surface area (TPSA) is 9.23 Å². The molecule has 0 saturated carbocycles. The highest BCUT2D eigenvalue weighted by atomic mass is 79.9. The standard InChI is InChI=1S/C14H10Br2ClFO/c15-7-12-13(17)2-1-3-14(12)19-8-9-4-10(16)6-11(18)5-9/h1-6H,7-8H2. The second kappa shape index (κ2) is 6.73. The Labute approximate surface area is 133 Å². The minimum absolute atomic E-state index is 0.288. The van der Waals surface area contributed by atoms with Gasteiger partial charge in [0.25, 0.3) is 0 Å². The number of halogens is 4. The average Bonchev–Trinajstić information content (AvgIpc) is 2.35. The Morgan fingerprint density at radius 3 is 2.68 bits per heavy atom. The van der Waals surface area contributed by atoms with Crippen LogP contribution in [-0.4, -0.2) is 0 Å². The first kappa shape index (κ1) is 14.8. The van der Waals surface area contributed by atoms with Gasteiger partial charge < -0.3 is 4.74 Å². The van der Waals surface area contributed by atoms with Crippen LogP contribution >= 0.6 is 43.5 Å². The number of alkyl halides is 1. The highest BCUT2D eigenvalue weighted by Crippen LogP contribution is 2.29. The molecular weight excluding hydrogens is 398 g/mol. The van der Waals surface area contributed by atoms with Crippen LogP contribution in [0, 0.1) is 5.82 Å². The van der Waals surface area contributed by atoms with Gasteiger partial charge in [-0.1, -0.05) is 49.5 Å². The van der Waals surface area contributed by atoms with E-state index in [9.17, 15) is 4.39 Å². The molecular formula is C14H10Br2ClFO. The molecule has 0 fully saturated rings. The van der Waals surface area contributed by atoms with Gasteiger partial charge in [0.15, 0.2) is 0 Å². The zero-order valence-corrected chi connectivity index (χ0v) is 13.7. The van der Waals surface area contributed by atoms with Gasteiger partial charge in [0.1, 0.15) is 18.2 Å². The summed E-state index contributed by atoms with van der Waals surface area (Å²) in [7, 11) is 0. The van der Waals surface area contributed by atoms with Gasteiger partial charge in [-0.3, -0.25) is 0 Å². The lowest BCUT2D eigenvalue weighted by Crippen LogP contribution is -1.99. The van der Waals surface area contributed by atoms with E-state index in [4.69, 9.17) is 16.3 Å². The lowest BCUT2D eigenvalue weighted by atomic mass is 10.2. The fraction of sp³-hybridized carbons (Fsp3) is 0.143. The van der Waals surface area contributed by atoms with Crippen LogP contribution < -0.4 is 4.74 Å². The molecule has 0 bridgehead atoms. The molecule has 0 unspecified atom stereocenters. The molecule has 2 aromatic rings. The highest BCUT2D eigenvalue weighted by molar-refractivity contribution is 9.10. The second-order valence-electron chi connectivity index (χ2n) is 3.92. The number of rotatable bonds is 4. The third-order valence-corrected chi connectivity index (χ3v) is 3.90. The average molecular weight is 408 g/mol. The minimum atomic E-state index is -0.292. The SMILES string of the molecule is Fc1cc(Br)cc(COc2cccc(Cl)c2CBr)c1. The van der Waals surface area contributed by atoms with E-state index in [1.54, 1.807) is 0 Å². The Morgan fingerprint density at radius 2 is 2.00 bits per heavy atom. The molecule has 0 saturated heterocycles. The third-order valence-electron chi connectivity index (χ3n) is 2.53. The van der Waals surface area contributed by atoms with Crippen LogP contribution in [0.3, 0.4) is 0 Å². The molecule has 19 heavy (non-hydrogen) atoms. The van der Waals surface area contributed by atoms with Crippen molar-refractivity contribution in [2.24, 2.45) is 0 Å². The van der Waals surface area contributed by atoms with Gasteiger partial charge in [-0.05, 0) is 35.9 Å². The maximum absolute atomic E-state index is 13.2. The van der Waals surface area contributed by atoms with Gasteiger partial charge in [0.2, 0.25) is 0 Å². The van der Waals surface area contributed by atoms with Gasteiger partial charge in [0.05, 0.1) is 0 Å². The molecule has 5 heteroatoms. The van der Waals surface area contributed by atoms with Crippen molar-refractivity contribution < 1.29 is 9.13 Å². The summed E-state index contributed by atoms with van der Waals surface area (Å²) in [5, 5.41) is 1.25. The van der Waals surface area contributed by atoms with Crippen LogP contribution in [-0.2, 0) is 11.9 Å². The lowest BCUT2D eigenvalue weighted by molar-refractivity contribution is 0.303. The Kier molecular flexibility index (Phi) is 5.25. The van der Waals surface area contributed by atoms with Crippen LogP contribution in [0.1, 0.15) is 11.1 Å². The predicted octanol–water partition coefficient (Wildman–Crippen LogP) is 5.72. The van der Waals surface area contributed by atoms with E-state index in [0.29, 0.717) is 20.6 Å². The summed E-state index contributed by atoms with van der Waals surface area (Å²) >= 11 is 12.7. The van der Waals surface area contributed by atoms with Crippen LogP contribution in [0.5, 0.6) is 5.75 Å². The Balaban J connectivity index is 2.16. The molecule has 0 aliphatic rings. The maximum atomic E-state index is 13.2. The summed E-state index contributed by atoms with van der Waals surface area (Å²) < 4.78 is 19.6. The summed E-state index contributed by atoms with van der Waals surface area (Å²) in [6.07, 6.45) is 0. The highest BCUT2D eigenvalue weighted by Gasteiger charge is 2.07. The van der Waals surface area contributed by atoms with Crippen molar-refractivity contribution in [1.82, 2.24) is 0 Å². The number of benzene rings is 2. The zero-order chi connectivity index (χ0) is 13.8. The van der Waals surface area contributed by atoms with E-state index >= 15 is 0 Å². The second-order valence-corrected chi connectivity index (χ2v) is 5.80. The van der Waals surface area contributed by atoms with Crippen molar-refractivity contribution >= 4 is 43.5 Å². The molecule has 0 aromatic heterocycles. The zero-order valence-electron chi connectivity index (χ0n) is 9.80. The molecule has 0 aliphatic carbocycles. The summed E-state index contributed by atoms with van der Waals surface area (Å²) in [6, 6.07) is 10.2. The van der Waals surface area contributed by atoms with Crippen molar-refractivity contribution in [1.29, 1.82) is 0 Å². The fourth-order valence-corrected chi connectivity index (χ4v) is 3.14. The molecule has 0 atom stereocenters. The van der Waals surface area contributed by atoms with E-state index in [2.05, 4.69) is 31.9 Å². The van der Waals surface area contributed by atoms with Crippen molar-refractivity contribution in [3.63, 3.8) is 0 Å². The smallest absolute Gasteiger partial charge is 0.125 e. The normalized spacial score (nSPS) is 10.5. The predicted molar refractivity (Wildman–Crippen MR) is 82.5 cm³/mol. The first-order chi connectivity index (χ1) is 9.10. The van der Waals surface area contributed by atoms with E-state index in [-0.39, 0.29) is 12.4 Å². The van der Waals surface area contributed by atoms with Gasteiger partial charge in [0, 0.05) is 20.4 Å². The van der Waals surface area contributed by atoms with Gasteiger partial charge in [-0.2, -0.15) is 0 Å². The molecule has 0 heterocycles. The van der Waals surface area contributed by atoms with Crippen LogP contribution in [0.25, 0.3) is 0 Å². The molecule has 2 aromatic carbocycles. The van der Waals surface area contributed by atoms with E-state index in [1.807, 2.05) is 24.3 Å². The first-order valence-electron chi connectivity index (χ1n) is 5.51. The number of hydrogen-bond acceptors (Lipinski definition) is 1. The summed E-state index contributed by atoms with van der Waals surface area (Å²) in [5.74, 6) is 0.407. The quantitative estimate of drug-likeness (QED) is 0.589. The summed E-state index contributed by atoms with van der Waals surface area (Å²) in [6.45, 7) is 0.288. The Hall–Kier alpha value is -0.580. The van der Waals surface area contributed by atoms with E-state index in [1.165, 1.54) is 12.1 Å². The van der Waals surface area contributed by atoms with Crippen LogP contribution in [0.2, 0.25) is 5.02 Å². The van der Waals surface area contributed by atoms with Crippen LogP contribution in [0.4, 0.5) is 4.39 Å². The number of hydrogen-bond donors (Lipinski definition) is 0. The van der Waals surface area contributed by atoms with Crippen molar-refractivity contribution in [2.75, 3.05) is 0 Å². The minimum Gasteiger partial charge on any atom is -0.489 e. The van der Waals surface area contributed by atoms with Gasteiger partial charge in [-0.15, -0.1) is 0 Å². The largest absolute Gasteiger partial charge is 0.489 e. The molecule has 1 nitrogen and oxygen atoms in total. The molecule has 100 valence electrons. The molecule has 0 aliphatic heterocycles. The Bertz CT molecular complexity index is 569. The fourth-order valence-electron chi connectivity index (χ4n) is 1.66. The molecule has 0 amide bonds. The molecule has 0 spiro atoms. The lowest BCUT2D eigenvalue weighted by Gasteiger charge is -2.11. The van der Waals surface area contributed by atoms with Crippen molar-refractivity contribution in [2.45, 2.75) is 11.9 Å². The van der Waals surface area contributed by atoms with Gasteiger partial charge >= 0.3 is 0 Å². The summed E-state index contributed by atoms with van der Waals surface area (Å²) in [4.78, 5) is 0. The van der Waals surface area contributed by atoms with E-state index < -0.39 is 0 Å². The van der Waals surface area contributed by atoms with Gasteiger partial charge in [-0.25, -0.2) is 4.39 Å². The van der Waals surface area contributed by atoms with Crippen LogP contribution in [0.15, 0.2) is 40.9 Å². The number of ether oxygens (including phenoxy) is 1. The molecule has 0 radical (unpaired) electrons. The van der Waals surface area contributed by atoms with E-state index in [0.717, 1.165) is 11.1 Å².